The summed E-state index contributed by atoms with van der Waals surface area (Å²) in [6.07, 6.45) is 0. The third kappa shape index (κ3) is 4.60. The number of benzene rings is 2. The SMILES string of the molecule is Cc1cc(C(=O)Nc2ccc(N3CCOCC3)cc2)cc(S(=O)(=O)N(C)C)c1C. The molecule has 1 fully saturated rings. The van der Waals surface area contributed by atoms with Crippen LogP contribution in [0.5, 0.6) is 0 Å². The molecule has 0 radical (unpaired) electrons. The second-order valence-corrected chi connectivity index (χ2v) is 9.42. The summed E-state index contributed by atoms with van der Waals surface area (Å²) in [5, 5.41) is 2.85. The smallest absolute Gasteiger partial charge is 0.255 e. The molecule has 0 aromatic heterocycles. The number of anilines is 2. The number of hydrogen-bond donors (Lipinski definition) is 1. The molecule has 1 aliphatic heterocycles. The van der Waals surface area contributed by atoms with E-state index in [0.717, 1.165) is 28.6 Å². The maximum atomic E-state index is 12.8. The number of carbonyl (C=O) groups excluding carboxylic acids is 1. The van der Waals surface area contributed by atoms with Crippen LogP contribution in [-0.2, 0) is 14.8 Å². The summed E-state index contributed by atoms with van der Waals surface area (Å²) in [5.41, 5.74) is 3.44. The Labute approximate surface area is 172 Å². The molecule has 8 heteroatoms. The quantitative estimate of drug-likeness (QED) is 0.809. The van der Waals surface area contributed by atoms with Gasteiger partial charge in [0.05, 0.1) is 18.1 Å². The lowest BCUT2D eigenvalue weighted by Gasteiger charge is -2.28. The number of nitrogens with zero attached hydrogens (tertiary/aromatic N) is 2. The standard InChI is InChI=1S/C21H27N3O4S/c1-15-13-17(14-20(16(15)2)29(26,27)23(3)4)21(25)22-18-5-7-19(8-6-18)24-9-11-28-12-10-24/h5-8,13-14H,9-12H2,1-4H3,(H,22,25). The predicted octanol–water partition coefficient (Wildman–Crippen LogP) is 2.64. The Morgan fingerprint density at radius 2 is 1.69 bits per heavy atom. The van der Waals surface area contributed by atoms with E-state index < -0.39 is 10.0 Å². The minimum Gasteiger partial charge on any atom is -0.378 e. The molecule has 29 heavy (non-hydrogen) atoms. The molecule has 0 saturated carbocycles. The first kappa shape index (κ1) is 21.3. The fourth-order valence-electron chi connectivity index (χ4n) is 3.20. The molecular weight excluding hydrogens is 390 g/mol. The number of nitrogens with one attached hydrogen (secondary N) is 1. The van der Waals surface area contributed by atoms with Crippen LogP contribution in [0.3, 0.4) is 0 Å². The molecule has 1 saturated heterocycles. The van der Waals surface area contributed by atoms with Crippen molar-refractivity contribution in [2.75, 3.05) is 50.6 Å². The van der Waals surface area contributed by atoms with E-state index in [-0.39, 0.29) is 10.8 Å². The van der Waals surface area contributed by atoms with Gasteiger partial charge < -0.3 is 15.0 Å². The van der Waals surface area contributed by atoms with Crippen LogP contribution in [0.25, 0.3) is 0 Å². The second-order valence-electron chi connectivity index (χ2n) is 7.30. The van der Waals surface area contributed by atoms with Gasteiger partial charge in [0.2, 0.25) is 10.0 Å². The summed E-state index contributed by atoms with van der Waals surface area (Å²) in [4.78, 5) is 15.1. The van der Waals surface area contributed by atoms with Crippen molar-refractivity contribution in [3.05, 3.63) is 53.1 Å². The Balaban J connectivity index is 1.81. The molecule has 0 unspecified atom stereocenters. The van der Waals surface area contributed by atoms with Gasteiger partial charge in [0.25, 0.3) is 5.91 Å². The maximum Gasteiger partial charge on any atom is 0.255 e. The highest BCUT2D eigenvalue weighted by Crippen LogP contribution is 2.24. The molecule has 0 spiro atoms. The first-order valence-corrected chi connectivity index (χ1v) is 10.9. The molecule has 3 rings (SSSR count). The number of ether oxygens (including phenoxy) is 1. The minimum atomic E-state index is -3.64. The summed E-state index contributed by atoms with van der Waals surface area (Å²) in [7, 11) is -0.681. The number of carbonyl (C=O) groups is 1. The average Bonchev–Trinajstić information content (AvgIpc) is 2.70. The molecule has 2 aromatic rings. The van der Waals surface area contributed by atoms with Crippen molar-refractivity contribution in [1.82, 2.24) is 4.31 Å². The second kappa shape index (κ2) is 8.52. The summed E-state index contributed by atoms with van der Waals surface area (Å²) in [6.45, 7) is 6.66. The largest absolute Gasteiger partial charge is 0.378 e. The molecule has 2 aromatic carbocycles. The van der Waals surface area contributed by atoms with E-state index in [1.54, 1.807) is 19.9 Å². The highest BCUT2D eigenvalue weighted by Gasteiger charge is 2.23. The van der Waals surface area contributed by atoms with E-state index in [4.69, 9.17) is 4.74 Å². The van der Waals surface area contributed by atoms with Gasteiger partial charge in [-0.3, -0.25) is 4.79 Å². The molecule has 156 valence electrons. The third-order valence-electron chi connectivity index (χ3n) is 5.14. The van der Waals surface area contributed by atoms with Crippen molar-refractivity contribution < 1.29 is 17.9 Å². The minimum absolute atomic E-state index is 0.148. The van der Waals surface area contributed by atoms with Crippen LogP contribution in [0.4, 0.5) is 11.4 Å². The van der Waals surface area contributed by atoms with Crippen LogP contribution in [0.1, 0.15) is 21.5 Å². The Kier molecular flexibility index (Phi) is 6.26. The number of hydrogen-bond acceptors (Lipinski definition) is 5. The van der Waals surface area contributed by atoms with E-state index in [0.29, 0.717) is 30.0 Å². The van der Waals surface area contributed by atoms with Crippen molar-refractivity contribution >= 4 is 27.3 Å². The molecule has 1 amide bonds. The highest BCUT2D eigenvalue weighted by atomic mass is 32.2. The van der Waals surface area contributed by atoms with E-state index in [1.807, 2.05) is 24.3 Å². The molecule has 0 aliphatic carbocycles. The molecule has 0 atom stereocenters. The number of rotatable bonds is 5. The Hall–Kier alpha value is -2.42. The normalized spacial score (nSPS) is 14.9. The highest BCUT2D eigenvalue weighted by molar-refractivity contribution is 7.89. The van der Waals surface area contributed by atoms with Crippen LogP contribution >= 0.6 is 0 Å². The van der Waals surface area contributed by atoms with Crippen molar-refractivity contribution in [2.24, 2.45) is 0 Å². The number of aryl methyl sites for hydroxylation is 1. The molecule has 1 heterocycles. The predicted molar refractivity (Wildman–Crippen MR) is 114 cm³/mol. The Morgan fingerprint density at radius 1 is 1.07 bits per heavy atom. The van der Waals surface area contributed by atoms with Crippen LogP contribution in [0, 0.1) is 13.8 Å². The van der Waals surface area contributed by atoms with Crippen molar-refractivity contribution in [1.29, 1.82) is 0 Å². The fourth-order valence-corrected chi connectivity index (χ4v) is 4.42. The Bertz CT molecular complexity index is 995. The molecule has 0 bridgehead atoms. The molecule has 7 nitrogen and oxygen atoms in total. The topological polar surface area (TPSA) is 79.0 Å². The van der Waals surface area contributed by atoms with Gasteiger partial charge in [-0.15, -0.1) is 0 Å². The number of sulfonamides is 1. The van der Waals surface area contributed by atoms with Gasteiger partial charge in [-0.1, -0.05) is 0 Å². The van der Waals surface area contributed by atoms with Crippen molar-refractivity contribution in [3.63, 3.8) is 0 Å². The van der Waals surface area contributed by atoms with Gasteiger partial charge >= 0.3 is 0 Å². The van der Waals surface area contributed by atoms with Gasteiger partial charge in [-0.25, -0.2) is 12.7 Å². The van der Waals surface area contributed by atoms with E-state index in [2.05, 4.69) is 10.2 Å². The van der Waals surface area contributed by atoms with E-state index in [9.17, 15) is 13.2 Å². The summed E-state index contributed by atoms with van der Waals surface area (Å²) < 4.78 is 31.7. The fraction of sp³-hybridized carbons (Fsp3) is 0.381. The zero-order valence-electron chi connectivity index (χ0n) is 17.2. The van der Waals surface area contributed by atoms with Crippen LogP contribution in [0.2, 0.25) is 0 Å². The van der Waals surface area contributed by atoms with E-state index in [1.165, 1.54) is 20.2 Å². The van der Waals surface area contributed by atoms with Gasteiger partial charge in [0.15, 0.2) is 0 Å². The lowest BCUT2D eigenvalue weighted by Crippen LogP contribution is -2.36. The summed E-state index contributed by atoms with van der Waals surface area (Å²) >= 11 is 0. The molecule has 1 N–H and O–H groups in total. The lowest BCUT2D eigenvalue weighted by atomic mass is 10.1. The molecular formula is C21H27N3O4S. The maximum absolute atomic E-state index is 12.8. The summed E-state index contributed by atoms with van der Waals surface area (Å²) in [5.74, 6) is -0.345. The van der Waals surface area contributed by atoms with E-state index >= 15 is 0 Å². The third-order valence-corrected chi connectivity index (χ3v) is 7.08. The lowest BCUT2D eigenvalue weighted by molar-refractivity contribution is 0.102. The zero-order chi connectivity index (χ0) is 21.2. The van der Waals surface area contributed by atoms with Gasteiger partial charge in [0, 0.05) is 44.1 Å². The monoisotopic (exact) mass is 417 g/mol. The van der Waals surface area contributed by atoms with Crippen LogP contribution < -0.4 is 10.2 Å². The van der Waals surface area contributed by atoms with Crippen LogP contribution in [0.15, 0.2) is 41.3 Å². The first-order valence-electron chi connectivity index (χ1n) is 9.48. The summed E-state index contributed by atoms with van der Waals surface area (Å²) in [6, 6.07) is 10.8. The van der Waals surface area contributed by atoms with Crippen molar-refractivity contribution in [2.45, 2.75) is 18.7 Å². The van der Waals surface area contributed by atoms with Crippen LogP contribution in [-0.4, -0.2) is 59.0 Å². The number of morpholine rings is 1. The van der Waals surface area contributed by atoms with Gasteiger partial charge in [-0.2, -0.15) is 0 Å². The van der Waals surface area contributed by atoms with Gasteiger partial charge in [-0.05, 0) is 61.4 Å². The first-order chi connectivity index (χ1) is 13.7. The molecule has 1 aliphatic rings. The van der Waals surface area contributed by atoms with Gasteiger partial charge in [0.1, 0.15) is 0 Å². The Morgan fingerprint density at radius 3 is 2.28 bits per heavy atom. The average molecular weight is 418 g/mol. The number of amides is 1. The van der Waals surface area contributed by atoms with Crippen molar-refractivity contribution in [3.8, 4) is 0 Å². The zero-order valence-corrected chi connectivity index (χ0v) is 18.0.